The van der Waals surface area contributed by atoms with Gasteiger partial charge in [0.05, 0.1) is 18.9 Å². The number of thioether (sulfide) groups is 1. The lowest BCUT2D eigenvalue weighted by atomic mass is 10.1. The predicted molar refractivity (Wildman–Crippen MR) is 112 cm³/mol. The van der Waals surface area contributed by atoms with Crippen LogP contribution in [0.2, 0.25) is 0 Å². The molecule has 14 heteroatoms. The van der Waals surface area contributed by atoms with Crippen LogP contribution in [0.4, 0.5) is 0 Å². The molecule has 1 heterocycles. The van der Waals surface area contributed by atoms with E-state index in [1.807, 2.05) is 0 Å². The molecule has 0 aromatic heterocycles. The van der Waals surface area contributed by atoms with Gasteiger partial charge in [0, 0.05) is 6.54 Å². The maximum atomic E-state index is 12.8. The number of carbonyl (C=O) groups is 6. The van der Waals surface area contributed by atoms with Crippen molar-refractivity contribution in [1.82, 2.24) is 15.5 Å². The van der Waals surface area contributed by atoms with Crippen LogP contribution in [0.3, 0.4) is 0 Å². The van der Waals surface area contributed by atoms with Gasteiger partial charge in [0.2, 0.25) is 17.7 Å². The number of hydrogen-bond donors (Lipinski definition) is 6. The molecule has 0 aliphatic carbocycles. The van der Waals surface area contributed by atoms with Crippen molar-refractivity contribution in [3.63, 3.8) is 0 Å². The number of aliphatic carboxylic acids is 3. The summed E-state index contributed by atoms with van der Waals surface area (Å²) in [5.41, 5.74) is 5.51. The summed E-state index contributed by atoms with van der Waals surface area (Å²) in [6.07, 6.45) is 1.05. The lowest BCUT2D eigenvalue weighted by Crippen LogP contribution is -2.57. The Bertz CT molecular complexity index is 748. The van der Waals surface area contributed by atoms with Crippen molar-refractivity contribution in [2.45, 2.75) is 56.3 Å². The third-order valence-corrected chi connectivity index (χ3v) is 5.43. The maximum Gasteiger partial charge on any atom is 0.326 e. The first-order chi connectivity index (χ1) is 15.0. The second kappa shape index (κ2) is 12.9. The Labute approximate surface area is 188 Å². The van der Waals surface area contributed by atoms with Gasteiger partial charge in [0.15, 0.2) is 0 Å². The number of rotatable bonds is 13. The fourth-order valence-corrected chi connectivity index (χ4v) is 3.67. The summed E-state index contributed by atoms with van der Waals surface area (Å²) in [5, 5.41) is 31.8. The molecule has 0 saturated carbocycles. The van der Waals surface area contributed by atoms with Crippen LogP contribution >= 0.6 is 11.8 Å². The minimum absolute atomic E-state index is 0.105. The highest BCUT2D eigenvalue weighted by molar-refractivity contribution is 7.98. The van der Waals surface area contributed by atoms with Gasteiger partial charge in [-0.3, -0.25) is 24.0 Å². The highest BCUT2D eigenvalue weighted by atomic mass is 32.2. The number of nitrogens with zero attached hydrogens (tertiary/aromatic N) is 1. The fraction of sp³-hybridized carbons (Fsp3) is 0.667. The maximum absolute atomic E-state index is 12.8. The second-order valence-corrected chi connectivity index (χ2v) is 8.22. The number of nitrogens with two attached hydrogens (primary N) is 1. The van der Waals surface area contributed by atoms with Crippen molar-refractivity contribution in [2.75, 3.05) is 18.6 Å². The Kier molecular flexibility index (Phi) is 10.9. The van der Waals surface area contributed by atoms with Crippen LogP contribution in [0.25, 0.3) is 0 Å². The first-order valence-corrected chi connectivity index (χ1v) is 11.2. The standard InChI is InChI=1S/C18H28N4O9S/c1-32-6-4-10(20-15(27)9(19)7-13(23)24)16(28)21-11(8-14(25)26)17(29)22-5-2-3-12(22)18(30)31/h9-12H,2-8,19H2,1H3,(H,20,27)(H,21,28)(H,23,24)(H,25,26)(H,30,31)/t9-,10-,11-,12-/m0/s1. The van der Waals surface area contributed by atoms with Gasteiger partial charge in [-0.1, -0.05) is 0 Å². The first-order valence-electron chi connectivity index (χ1n) is 9.80. The van der Waals surface area contributed by atoms with Crippen LogP contribution in [0.15, 0.2) is 0 Å². The molecule has 1 fully saturated rings. The number of carboxylic acid groups (broad SMARTS) is 3. The third-order valence-electron chi connectivity index (χ3n) is 4.79. The molecular weight excluding hydrogens is 448 g/mol. The molecule has 0 spiro atoms. The normalized spacial score (nSPS) is 18.3. The highest BCUT2D eigenvalue weighted by Crippen LogP contribution is 2.19. The summed E-state index contributed by atoms with van der Waals surface area (Å²) >= 11 is 1.36. The average molecular weight is 477 g/mol. The second-order valence-electron chi connectivity index (χ2n) is 7.23. The first kappa shape index (κ1) is 27.2. The number of amides is 3. The summed E-state index contributed by atoms with van der Waals surface area (Å²) < 4.78 is 0. The van der Waals surface area contributed by atoms with Gasteiger partial charge in [0.25, 0.3) is 0 Å². The lowest BCUT2D eigenvalue weighted by Gasteiger charge is -2.28. The summed E-state index contributed by atoms with van der Waals surface area (Å²) in [6, 6.07) is -5.26. The molecule has 1 aliphatic rings. The highest BCUT2D eigenvalue weighted by Gasteiger charge is 2.39. The fourth-order valence-electron chi connectivity index (χ4n) is 3.20. The van der Waals surface area contributed by atoms with E-state index >= 15 is 0 Å². The Morgan fingerprint density at radius 3 is 2.12 bits per heavy atom. The quantitative estimate of drug-likeness (QED) is 0.172. The smallest absolute Gasteiger partial charge is 0.326 e. The Balaban J connectivity index is 2.98. The zero-order valence-corrected chi connectivity index (χ0v) is 18.3. The average Bonchev–Trinajstić information content (AvgIpc) is 3.19. The van der Waals surface area contributed by atoms with Crippen molar-refractivity contribution in [1.29, 1.82) is 0 Å². The molecule has 0 bridgehead atoms. The molecule has 0 aromatic rings. The van der Waals surface area contributed by atoms with Crippen molar-refractivity contribution < 1.29 is 44.1 Å². The number of hydrogen-bond acceptors (Lipinski definition) is 8. The van der Waals surface area contributed by atoms with Crippen molar-refractivity contribution >= 4 is 47.4 Å². The van der Waals surface area contributed by atoms with Gasteiger partial charge < -0.3 is 36.6 Å². The van der Waals surface area contributed by atoms with E-state index in [9.17, 15) is 33.9 Å². The summed E-state index contributed by atoms with van der Waals surface area (Å²) in [5.74, 6) is -6.10. The summed E-state index contributed by atoms with van der Waals surface area (Å²) in [4.78, 5) is 72.2. The zero-order chi connectivity index (χ0) is 24.4. The van der Waals surface area contributed by atoms with Crippen LogP contribution in [-0.4, -0.2) is 98.6 Å². The Hall–Kier alpha value is -2.87. The third kappa shape index (κ3) is 8.34. The largest absolute Gasteiger partial charge is 0.481 e. The van der Waals surface area contributed by atoms with E-state index in [1.54, 1.807) is 6.26 Å². The topological polar surface area (TPSA) is 216 Å². The molecule has 1 aliphatic heterocycles. The Morgan fingerprint density at radius 2 is 1.59 bits per heavy atom. The van der Waals surface area contributed by atoms with Gasteiger partial charge in [-0.05, 0) is 31.3 Å². The van der Waals surface area contributed by atoms with E-state index in [4.69, 9.17) is 15.9 Å². The van der Waals surface area contributed by atoms with Gasteiger partial charge in [-0.15, -0.1) is 0 Å². The molecule has 13 nitrogen and oxygen atoms in total. The molecule has 1 rings (SSSR count). The Morgan fingerprint density at radius 1 is 1.00 bits per heavy atom. The molecule has 1 saturated heterocycles. The van der Waals surface area contributed by atoms with Gasteiger partial charge in [0.1, 0.15) is 18.1 Å². The molecule has 7 N–H and O–H groups in total. The lowest BCUT2D eigenvalue weighted by molar-refractivity contribution is -0.150. The number of likely N-dealkylation sites (tertiary alicyclic amines) is 1. The van der Waals surface area contributed by atoms with Gasteiger partial charge >= 0.3 is 17.9 Å². The van der Waals surface area contributed by atoms with E-state index in [2.05, 4.69) is 10.6 Å². The minimum Gasteiger partial charge on any atom is -0.481 e. The molecule has 0 radical (unpaired) electrons. The van der Waals surface area contributed by atoms with Crippen molar-refractivity contribution in [3.8, 4) is 0 Å². The number of carbonyl (C=O) groups excluding carboxylic acids is 3. The number of nitrogens with one attached hydrogen (secondary N) is 2. The molecule has 4 atom stereocenters. The molecule has 0 aromatic carbocycles. The van der Waals surface area contributed by atoms with E-state index < -0.39 is 72.6 Å². The zero-order valence-electron chi connectivity index (χ0n) is 17.5. The van der Waals surface area contributed by atoms with Crippen LogP contribution in [0, 0.1) is 0 Å². The minimum atomic E-state index is -1.54. The van der Waals surface area contributed by atoms with E-state index in [0.29, 0.717) is 12.2 Å². The number of carboxylic acids is 3. The molecule has 32 heavy (non-hydrogen) atoms. The van der Waals surface area contributed by atoms with Crippen LogP contribution in [0.5, 0.6) is 0 Å². The van der Waals surface area contributed by atoms with Gasteiger partial charge in [-0.2, -0.15) is 11.8 Å². The van der Waals surface area contributed by atoms with Crippen LogP contribution < -0.4 is 16.4 Å². The van der Waals surface area contributed by atoms with E-state index in [-0.39, 0.29) is 19.4 Å². The SMILES string of the molecule is CSCC[C@H](NC(=O)[C@@H](N)CC(=O)O)C(=O)N[C@@H](CC(=O)O)C(=O)N1CCC[C@H]1C(=O)O. The molecule has 0 unspecified atom stereocenters. The van der Waals surface area contributed by atoms with E-state index in [1.165, 1.54) is 11.8 Å². The van der Waals surface area contributed by atoms with Crippen molar-refractivity contribution in [2.24, 2.45) is 5.73 Å². The molecular formula is C18H28N4O9S. The van der Waals surface area contributed by atoms with Crippen LogP contribution in [-0.2, 0) is 28.8 Å². The summed E-state index contributed by atoms with van der Waals surface area (Å²) in [7, 11) is 0. The predicted octanol–water partition coefficient (Wildman–Crippen LogP) is -1.94. The monoisotopic (exact) mass is 476 g/mol. The summed E-state index contributed by atoms with van der Waals surface area (Å²) in [6.45, 7) is 0.110. The molecule has 3 amide bonds. The molecule has 180 valence electrons. The van der Waals surface area contributed by atoms with Crippen LogP contribution in [0.1, 0.15) is 32.1 Å². The van der Waals surface area contributed by atoms with Crippen molar-refractivity contribution in [3.05, 3.63) is 0 Å². The van der Waals surface area contributed by atoms with E-state index in [0.717, 1.165) is 4.90 Å². The van der Waals surface area contributed by atoms with Gasteiger partial charge in [-0.25, -0.2) is 4.79 Å².